The van der Waals surface area contributed by atoms with E-state index in [0.717, 1.165) is 12.3 Å². The topological polar surface area (TPSA) is 32.3 Å². The fraction of sp³-hybridized carbons (Fsp3) is 1.00. The van der Waals surface area contributed by atoms with Crippen LogP contribution in [-0.4, -0.2) is 34.8 Å². The first-order valence-corrected chi connectivity index (χ1v) is 6.65. The lowest BCUT2D eigenvalue weighted by Gasteiger charge is -2.15. The average molecular weight is 219 g/mol. The number of nitrogens with one attached hydrogen (secondary N) is 1. The SMILES string of the molecule is CCNC(C)CCCSC(C)C(C)O. The van der Waals surface area contributed by atoms with E-state index in [-0.39, 0.29) is 6.10 Å². The van der Waals surface area contributed by atoms with Gasteiger partial charge in [0.05, 0.1) is 6.10 Å². The van der Waals surface area contributed by atoms with Gasteiger partial charge in [0.25, 0.3) is 0 Å². The van der Waals surface area contributed by atoms with Crippen LogP contribution < -0.4 is 5.32 Å². The van der Waals surface area contributed by atoms with Crippen molar-refractivity contribution >= 4 is 11.8 Å². The Morgan fingerprint density at radius 3 is 2.43 bits per heavy atom. The van der Waals surface area contributed by atoms with E-state index in [1.165, 1.54) is 12.8 Å². The van der Waals surface area contributed by atoms with Gasteiger partial charge in [-0.15, -0.1) is 0 Å². The zero-order chi connectivity index (χ0) is 11.0. The Labute approximate surface area is 92.9 Å². The molecular weight excluding hydrogens is 194 g/mol. The molecule has 0 aliphatic heterocycles. The summed E-state index contributed by atoms with van der Waals surface area (Å²) in [5.41, 5.74) is 0. The van der Waals surface area contributed by atoms with E-state index < -0.39 is 0 Å². The van der Waals surface area contributed by atoms with E-state index in [4.69, 9.17) is 0 Å². The van der Waals surface area contributed by atoms with E-state index >= 15 is 0 Å². The molecule has 3 heteroatoms. The van der Waals surface area contributed by atoms with E-state index in [9.17, 15) is 5.11 Å². The highest BCUT2D eigenvalue weighted by Gasteiger charge is 2.08. The smallest absolute Gasteiger partial charge is 0.0627 e. The maximum absolute atomic E-state index is 9.28. The normalized spacial score (nSPS) is 17.8. The van der Waals surface area contributed by atoms with Crippen molar-refractivity contribution in [2.75, 3.05) is 12.3 Å². The quantitative estimate of drug-likeness (QED) is 0.614. The van der Waals surface area contributed by atoms with Gasteiger partial charge in [0, 0.05) is 11.3 Å². The minimum absolute atomic E-state index is 0.189. The molecule has 0 saturated carbocycles. The number of hydrogen-bond donors (Lipinski definition) is 2. The van der Waals surface area contributed by atoms with Crippen LogP contribution in [0.25, 0.3) is 0 Å². The van der Waals surface area contributed by atoms with Gasteiger partial charge in [-0.25, -0.2) is 0 Å². The van der Waals surface area contributed by atoms with E-state index in [1.54, 1.807) is 0 Å². The minimum atomic E-state index is -0.189. The average Bonchev–Trinajstić information content (AvgIpc) is 2.12. The van der Waals surface area contributed by atoms with Gasteiger partial charge in [0.2, 0.25) is 0 Å². The number of thioether (sulfide) groups is 1. The second-order valence-corrected chi connectivity index (χ2v) is 5.40. The van der Waals surface area contributed by atoms with Crippen LogP contribution in [0.2, 0.25) is 0 Å². The highest BCUT2D eigenvalue weighted by atomic mass is 32.2. The molecule has 0 aromatic heterocycles. The number of rotatable bonds is 8. The van der Waals surface area contributed by atoms with E-state index in [0.29, 0.717) is 11.3 Å². The van der Waals surface area contributed by atoms with E-state index in [1.807, 2.05) is 18.7 Å². The second-order valence-electron chi connectivity index (χ2n) is 3.92. The third-order valence-corrected chi connectivity index (χ3v) is 3.84. The fourth-order valence-corrected chi connectivity index (χ4v) is 2.23. The predicted molar refractivity (Wildman–Crippen MR) is 66.0 cm³/mol. The van der Waals surface area contributed by atoms with Crippen molar-refractivity contribution < 1.29 is 5.11 Å². The largest absolute Gasteiger partial charge is 0.392 e. The lowest BCUT2D eigenvalue weighted by Crippen LogP contribution is -2.25. The molecule has 0 fully saturated rings. The summed E-state index contributed by atoms with van der Waals surface area (Å²) in [7, 11) is 0. The standard InChI is InChI=1S/C11H25NOS/c1-5-12-9(2)7-6-8-14-11(4)10(3)13/h9-13H,5-8H2,1-4H3. The summed E-state index contributed by atoms with van der Waals surface area (Å²) in [5.74, 6) is 1.15. The Bertz CT molecular complexity index is 130. The Balaban J connectivity index is 3.28. The van der Waals surface area contributed by atoms with Crippen LogP contribution in [0, 0.1) is 0 Å². The summed E-state index contributed by atoms with van der Waals surface area (Å²) >= 11 is 1.87. The first-order chi connectivity index (χ1) is 6.57. The van der Waals surface area contributed by atoms with Crippen molar-refractivity contribution in [1.82, 2.24) is 5.32 Å². The zero-order valence-corrected chi connectivity index (χ0v) is 10.7. The summed E-state index contributed by atoms with van der Waals surface area (Å²) in [6.45, 7) is 9.37. The van der Waals surface area contributed by atoms with Crippen molar-refractivity contribution in [3.05, 3.63) is 0 Å². The molecule has 0 aliphatic rings. The molecule has 0 aromatic carbocycles. The first kappa shape index (κ1) is 14.3. The molecule has 0 amide bonds. The van der Waals surface area contributed by atoms with Gasteiger partial charge in [-0.2, -0.15) is 11.8 Å². The molecule has 0 radical (unpaired) electrons. The highest BCUT2D eigenvalue weighted by molar-refractivity contribution is 7.99. The zero-order valence-electron chi connectivity index (χ0n) is 9.92. The van der Waals surface area contributed by atoms with Crippen molar-refractivity contribution in [3.63, 3.8) is 0 Å². The van der Waals surface area contributed by atoms with Gasteiger partial charge in [0.1, 0.15) is 0 Å². The van der Waals surface area contributed by atoms with Crippen molar-refractivity contribution in [1.29, 1.82) is 0 Å². The lowest BCUT2D eigenvalue weighted by atomic mass is 10.2. The Morgan fingerprint density at radius 2 is 1.93 bits per heavy atom. The molecule has 86 valence electrons. The number of hydrogen-bond acceptors (Lipinski definition) is 3. The second kappa shape index (κ2) is 8.57. The summed E-state index contributed by atoms with van der Waals surface area (Å²) in [6, 6.07) is 0.627. The Kier molecular flexibility index (Phi) is 8.73. The molecule has 0 spiro atoms. The van der Waals surface area contributed by atoms with Crippen LogP contribution in [-0.2, 0) is 0 Å². The molecule has 2 nitrogen and oxygen atoms in total. The van der Waals surface area contributed by atoms with Crippen LogP contribution in [0.15, 0.2) is 0 Å². The maximum atomic E-state index is 9.28. The summed E-state index contributed by atoms with van der Waals surface area (Å²) < 4.78 is 0. The molecule has 0 rings (SSSR count). The monoisotopic (exact) mass is 219 g/mol. The van der Waals surface area contributed by atoms with Crippen molar-refractivity contribution in [3.8, 4) is 0 Å². The minimum Gasteiger partial charge on any atom is -0.392 e. The molecule has 0 aromatic rings. The molecule has 0 aliphatic carbocycles. The van der Waals surface area contributed by atoms with Gasteiger partial charge in [0.15, 0.2) is 0 Å². The van der Waals surface area contributed by atoms with Gasteiger partial charge in [-0.1, -0.05) is 13.8 Å². The maximum Gasteiger partial charge on any atom is 0.0627 e. The van der Waals surface area contributed by atoms with Crippen LogP contribution in [0.4, 0.5) is 0 Å². The predicted octanol–water partition coefficient (Wildman–Crippen LogP) is 2.27. The van der Waals surface area contributed by atoms with Crippen LogP contribution in [0.1, 0.15) is 40.5 Å². The molecule has 0 bridgehead atoms. The highest BCUT2D eigenvalue weighted by Crippen LogP contribution is 2.16. The lowest BCUT2D eigenvalue weighted by molar-refractivity contribution is 0.196. The van der Waals surface area contributed by atoms with Gasteiger partial charge in [-0.3, -0.25) is 0 Å². The number of aliphatic hydroxyl groups excluding tert-OH is 1. The third kappa shape index (κ3) is 7.65. The third-order valence-electron chi connectivity index (χ3n) is 2.39. The van der Waals surface area contributed by atoms with Crippen molar-refractivity contribution in [2.24, 2.45) is 0 Å². The fourth-order valence-electron chi connectivity index (χ4n) is 1.25. The molecule has 0 saturated heterocycles. The molecular formula is C11H25NOS. The van der Waals surface area contributed by atoms with E-state index in [2.05, 4.69) is 26.1 Å². The Hall–Kier alpha value is 0.270. The molecule has 14 heavy (non-hydrogen) atoms. The summed E-state index contributed by atoms with van der Waals surface area (Å²) in [6.07, 6.45) is 2.27. The molecule has 3 unspecified atom stereocenters. The van der Waals surface area contributed by atoms with Gasteiger partial charge < -0.3 is 10.4 Å². The molecule has 0 heterocycles. The van der Waals surface area contributed by atoms with Gasteiger partial charge in [-0.05, 0) is 39.0 Å². The summed E-state index contributed by atoms with van der Waals surface area (Å²) in [5, 5.41) is 13.0. The van der Waals surface area contributed by atoms with Gasteiger partial charge >= 0.3 is 0 Å². The first-order valence-electron chi connectivity index (χ1n) is 5.61. The van der Waals surface area contributed by atoms with Crippen LogP contribution in [0.5, 0.6) is 0 Å². The van der Waals surface area contributed by atoms with Crippen molar-refractivity contribution in [2.45, 2.75) is 57.9 Å². The number of aliphatic hydroxyl groups is 1. The molecule has 3 atom stereocenters. The Morgan fingerprint density at radius 1 is 1.29 bits per heavy atom. The molecule has 2 N–H and O–H groups in total. The summed E-state index contributed by atoms with van der Waals surface area (Å²) in [4.78, 5) is 0. The van der Waals surface area contributed by atoms with Crippen LogP contribution in [0.3, 0.4) is 0 Å². The van der Waals surface area contributed by atoms with Crippen LogP contribution >= 0.6 is 11.8 Å².